The molecule has 6 heteroatoms. The molecule has 0 saturated heterocycles. The first-order valence-electron chi connectivity index (χ1n) is 7.72. The molecule has 25 heavy (non-hydrogen) atoms. The minimum absolute atomic E-state index is 0.0926. The number of carbonyl (C=O) groups is 2. The summed E-state index contributed by atoms with van der Waals surface area (Å²) in [5.74, 6) is -0.527. The van der Waals surface area contributed by atoms with E-state index in [0.29, 0.717) is 16.8 Å². The summed E-state index contributed by atoms with van der Waals surface area (Å²) in [4.78, 5) is 29.7. The third-order valence-electron chi connectivity index (χ3n) is 4.39. The van der Waals surface area contributed by atoms with Gasteiger partial charge in [-0.3, -0.25) is 14.6 Å². The number of fused-ring (bicyclic) bond motifs is 3. The average Bonchev–Trinajstić information content (AvgIpc) is 3.11. The molecule has 0 unspecified atom stereocenters. The summed E-state index contributed by atoms with van der Waals surface area (Å²) in [6.07, 6.45) is 3.46. The number of rotatable bonds is 1. The zero-order valence-electron chi connectivity index (χ0n) is 12.9. The van der Waals surface area contributed by atoms with Crippen LogP contribution >= 0.6 is 0 Å². The van der Waals surface area contributed by atoms with Crippen LogP contribution in [0.2, 0.25) is 0 Å². The minimum Gasteiger partial charge on any atom is -0.287 e. The normalized spacial score (nSPS) is 13.0. The Balaban J connectivity index is 1.74. The molecule has 0 fully saturated rings. The predicted molar refractivity (Wildman–Crippen MR) is 90.0 cm³/mol. The van der Waals surface area contributed by atoms with Crippen LogP contribution in [0, 0.1) is 0 Å². The van der Waals surface area contributed by atoms with E-state index in [4.69, 9.17) is 0 Å². The number of ketones is 2. The van der Waals surface area contributed by atoms with Crippen LogP contribution in [0.1, 0.15) is 32.1 Å². The summed E-state index contributed by atoms with van der Waals surface area (Å²) >= 11 is 0. The van der Waals surface area contributed by atoms with Crippen molar-refractivity contribution in [3.8, 4) is 5.69 Å². The third-order valence-corrected chi connectivity index (χ3v) is 4.39. The Labute approximate surface area is 141 Å². The topological polar surface area (TPSA) is 77.7 Å². The molecule has 0 amide bonds. The molecule has 0 radical (unpaired) electrons. The van der Waals surface area contributed by atoms with E-state index in [2.05, 4.69) is 15.3 Å². The Morgan fingerprint density at radius 2 is 1.64 bits per heavy atom. The van der Waals surface area contributed by atoms with Gasteiger partial charge in [-0.1, -0.05) is 35.5 Å². The molecule has 0 aliphatic heterocycles. The fourth-order valence-corrected chi connectivity index (χ4v) is 3.16. The van der Waals surface area contributed by atoms with Crippen molar-refractivity contribution in [3.63, 3.8) is 0 Å². The Morgan fingerprint density at radius 3 is 2.48 bits per heavy atom. The zero-order chi connectivity index (χ0) is 17.0. The molecule has 1 aliphatic carbocycles. The van der Waals surface area contributed by atoms with E-state index in [1.165, 1.54) is 4.68 Å². The van der Waals surface area contributed by atoms with Crippen LogP contribution in [0.5, 0.6) is 0 Å². The molecule has 4 aromatic rings. The lowest BCUT2D eigenvalue weighted by molar-refractivity contribution is 0.0972. The van der Waals surface area contributed by atoms with Crippen LogP contribution in [0.4, 0.5) is 0 Å². The molecular weight excluding hydrogens is 316 g/mol. The van der Waals surface area contributed by atoms with Gasteiger partial charge in [0.15, 0.2) is 5.69 Å². The van der Waals surface area contributed by atoms with Crippen LogP contribution in [-0.2, 0) is 0 Å². The van der Waals surface area contributed by atoms with Crippen molar-refractivity contribution < 1.29 is 9.59 Å². The van der Waals surface area contributed by atoms with Crippen LogP contribution in [0.3, 0.4) is 0 Å². The molecule has 2 aromatic carbocycles. The van der Waals surface area contributed by atoms with E-state index < -0.39 is 0 Å². The molecule has 2 aromatic heterocycles. The summed E-state index contributed by atoms with van der Waals surface area (Å²) in [5.41, 5.74) is 1.71. The van der Waals surface area contributed by atoms with Gasteiger partial charge in [-0.15, -0.1) is 5.10 Å². The van der Waals surface area contributed by atoms with E-state index in [0.717, 1.165) is 10.8 Å². The molecule has 5 rings (SSSR count). The average molecular weight is 326 g/mol. The number of hydrogen-bond acceptors (Lipinski definition) is 5. The Bertz CT molecular complexity index is 1190. The van der Waals surface area contributed by atoms with Crippen LogP contribution in [0.25, 0.3) is 16.5 Å². The lowest BCUT2D eigenvalue weighted by Gasteiger charge is -2.14. The minimum atomic E-state index is -0.279. The number of hydrogen-bond donors (Lipinski definition) is 0. The number of carbonyl (C=O) groups excluding carboxylic acids is 2. The fraction of sp³-hybridized carbons (Fsp3) is 0. The largest absolute Gasteiger partial charge is 0.287 e. The van der Waals surface area contributed by atoms with Crippen LogP contribution < -0.4 is 0 Å². The van der Waals surface area contributed by atoms with Crippen LogP contribution in [0.15, 0.2) is 60.9 Å². The summed E-state index contributed by atoms with van der Waals surface area (Å²) < 4.78 is 1.43. The quantitative estimate of drug-likeness (QED) is 0.473. The van der Waals surface area contributed by atoms with E-state index >= 15 is 0 Å². The predicted octanol–water partition coefficient (Wildman–Crippen LogP) is 2.59. The van der Waals surface area contributed by atoms with Crippen molar-refractivity contribution in [1.29, 1.82) is 0 Å². The van der Waals surface area contributed by atoms with Crippen LogP contribution in [-0.4, -0.2) is 31.5 Å². The van der Waals surface area contributed by atoms with Gasteiger partial charge in [0, 0.05) is 28.9 Å². The standard InChI is InChI=1S/C19H10N4O2/c24-18-14-3-1-2-4-15(14)19(25)17-16(18)21-22-23(17)13-6-5-11-7-8-20-10-12(11)9-13/h1-10H. The number of nitrogens with zero attached hydrogens (tertiary/aromatic N) is 4. The maximum atomic E-state index is 12.9. The van der Waals surface area contributed by atoms with Crippen molar-refractivity contribution in [2.24, 2.45) is 0 Å². The highest BCUT2D eigenvalue weighted by atomic mass is 16.1. The molecule has 0 N–H and O–H groups in total. The molecule has 1 aliphatic rings. The van der Waals surface area contributed by atoms with Crippen molar-refractivity contribution in [2.45, 2.75) is 0 Å². The van der Waals surface area contributed by atoms with Crippen molar-refractivity contribution in [2.75, 3.05) is 0 Å². The summed E-state index contributed by atoms with van der Waals surface area (Å²) in [6, 6.07) is 14.3. The highest BCUT2D eigenvalue weighted by Gasteiger charge is 2.35. The highest BCUT2D eigenvalue weighted by Crippen LogP contribution is 2.28. The molecule has 0 atom stereocenters. The fourth-order valence-electron chi connectivity index (χ4n) is 3.16. The van der Waals surface area contributed by atoms with Gasteiger partial charge in [0.25, 0.3) is 0 Å². The van der Waals surface area contributed by atoms with Gasteiger partial charge in [-0.25, -0.2) is 4.68 Å². The second-order valence-electron chi connectivity index (χ2n) is 5.81. The molecule has 0 spiro atoms. The first-order valence-corrected chi connectivity index (χ1v) is 7.72. The van der Waals surface area contributed by atoms with Crippen molar-refractivity contribution in [3.05, 3.63) is 83.4 Å². The van der Waals surface area contributed by atoms with E-state index in [1.807, 2.05) is 24.3 Å². The zero-order valence-corrected chi connectivity index (χ0v) is 12.9. The van der Waals surface area contributed by atoms with Crippen molar-refractivity contribution >= 4 is 22.3 Å². The number of pyridine rings is 1. The molecule has 0 saturated carbocycles. The molecule has 6 nitrogen and oxygen atoms in total. The second kappa shape index (κ2) is 4.91. The van der Waals surface area contributed by atoms with E-state index in [-0.39, 0.29) is 23.0 Å². The van der Waals surface area contributed by atoms with Gasteiger partial charge in [0.2, 0.25) is 11.6 Å². The maximum Gasteiger partial charge on any atom is 0.216 e. The lowest BCUT2D eigenvalue weighted by atomic mass is 9.90. The summed E-state index contributed by atoms with van der Waals surface area (Å²) in [7, 11) is 0. The Kier molecular flexibility index (Phi) is 2.70. The Morgan fingerprint density at radius 1 is 0.840 bits per heavy atom. The maximum absolute atomic E-state index is 12.9. The monoisotopic (exact) mass is 326 g/mol. The van der Waals surface area contributed by atoms with Gasteiger partial charge < -0.3 is 0 Å². The Hall–Kier alpha value is -3.67. The second-order valence-corrected chi connectivity index (χ2v) is 5.81. The molecule has 118 valence electrons. The molecular formula is C19H10N4O2. The van der Waals surface area contributed by atoms with E-state index in [9.17, 15) is 9.59 Å². The molecule has 0 bridgehead atoms. The number of benzene rings is 2. The highest BCUT2D eigenvalue weighted by molar-refractivity contribution is 6.27. The van der Waals surface area contributed by atoms with Gasteiger partial charge in [-0.05, 0) is 23.6 Å². The SMILES string of the molecule is O=C1c2ccccc2C(=O)c2c1nnn2-c1ccc2ccncc2c1. The lowest BCUT2D eigenvalue weighted by Crippen LogP contribution is -2.22. The first-order chi connectivity index (χ1) is 12.2. The number of aromatic nitrogens is 4. The smallest absolute Gasteiger partial charge is 0.216 e. The van der Waals surface area contributed by atoms with Crippen molar-refractivity contribution in [1.82, 2.24) is 20.0 Å². The van der Waals surface area contributed by atoms with Gasteiger partial charge in [0.1, 0.15) is 5.69 Å². The third kappa shape index (κ3) is 1.88. The van der Waals surface area contributed by atoms with E-state index in [1.54, 1.807) is 36.7 Å². The summed E-state index contributed by atoms with van der Waals surface area (Å²) in [6.45, 7) is 0. The summed E-state index contributed by atoms with van der Waals surface area (Å²) in [5, 5.41) is 9.98. The first kappa shape index (κ1) is 13.7. The van der Waals surface area contributed by atoms with Gasteiger partial charge in [0.05, 0.1) is 5.69 Å². The molecule has 2 heterocycles. The van der Waals surface area contributed by atoms with Gasteiger partial charge >= 0.3 is 0 Å². The van der Waals surface area contributed by atoms with Gasteiger partial charge in [-0.2, -0.15) is 0 Å².